The average Bonchev–Trinajstić information content (AvgIpc) is 2.47. The standard InChI is InChI=1S/C16H16N2O3/c1-3-12-4-7-14(8-5-12)17-16(19)13-6-9-15(18(20)21)11(2)10-13/h4-10H,3H2,1-2H3,(H,17,19). The Morgan fingerprint density at radius 3 is 2.38 bits per heavy atom. The molecular weight excluding hydrogens is 268 g/mol. The molecular formula is C16H16N2O3. The fourth-order valence-electron chi connectivity index (χ4n) is 2.03. The van der Waals surface area contributed by atoms with Crippen molar-refractivity contribution in [2.75, 3.05) is 5.32 Å². The molecule has 0 heterocycles. The van der Waals surface area contributed by atoms with E-state index in [0.29, 0.717) is 16.8 Å². The number of nitro benzene ring substituents is 1. The second-order valence-corrected chi connectivity index (χ2v) is 4.76. The van der Waals surface area contributed by atoms with Crippen LogP contribution in [0.3, 0.4) is 0 Å². The van der Waals surface area contributed by atoms with Gasteiger partial charge in [-0.15, -0.1) is 0 Å². The number of nitrogens with zero attached hydrogens (tertiary/aromatic N) is 1. The summed E-state index contributed by atoms with van der Waals surface area (Å²) >= 11 is 0. The Labute approximate surface area is 122 Å². The van der Waals surface area contributed by atoms with Crippen LogP contribution in [0.25, 0.3) is 0 Å². The van der Waals surface area contributed by atoms with E-state index in [4.69, 9.17) is 0 Å². The molecule has 0 spiro atoms. The Morgan fingerprint density at radius 2 is 1.86 bits per heavy atom. The van der Waals surface area contributed by atoms with E-state index in [1.807, 2.05) is 24.3 Å². The maximum Gasteiger partial charge on any atom is 0.272 e. The largest absolute Gasteiger partial charge is 0.322 e. The van der Waals surface area contributed by atoms with Gasteiger partial charge in [-0.05, 0) is 43.2 Å². The Kier molecular flexibility index (Phi) is 4.33. The Bertz CT molecular complexity index is 678. The number of aryl methyl sites for hydroxylation is 2. The molecule has 0 aliphatic heterocycles. The van der Waals surface area contributed by atoms with Crippen LogP contribution in [0.15, 0.2) is 42.5 Å². The summed E-state index contributed by atoms with van der Waals surface area (Å²) in [5.41, 5.74) is 2.78. The second kappa shape index (κ2) is 6.17. The quantitative estimate of drug-likeness (QED) is 0.687. The number of hydrogen-bond acceptors (Lipinski definition) is 3. The van der Waals surface area contributed by atoms with Crippen LogP contribution in [0.1, 0.15) is 28.4 Å². The van der Waals surface area contributed by atoms with Crippen molar-refractivity contribution in [1.29, 1.82) is 0 Å². The third-order valence-corrected chi connectivity index (χ3v) is 3.28. The van der Waals surface area contributed by atoms with Crippen LogP contribution >= 0.6 is 0 Å². The van der Waals surface area contributed by atoms with Crippen LogP contribution in [0.2, 0.25) is 0 Å². The van der Waals surface area contributed by atoms with E-state index < -0.39 is 4.92 Å². The lowest BCUT2D eigenvalue weighted by molar-refractivity contribution is -0.385. The molecule has 0 aliphatic rings. The van der Waals surface area contributed by atoms with Gasteiger partial charge in [-0.25, -0.2) is 0 Å². The third-order valence-electron chi connectivity index (χ3n) is 3.28. The Balaban J connectivity index is 2.16. The van der Waals surface area contributed by atoms with Crippen molar-refractivity contribution in [2.45, 2.75) is 20.3 Å². The molecule has 5 nitrogen and oxygen atoms in total. The summed E-state index contributed by atoms with van der Waals surface area (Å²) in [7, 11) is 0. The highest BCUT2D eigenvalue weighted by atomic mass is 16.6. The number of carbonyl (C=O) groups excluding carboxylic acids is 1. The summed E-state index contributed by atoms with van der Waals surface area (Å²) in [6, 6.07) is 11.9. The molecule has 0 saturated carbocycles. The number of nitro groups is 1. The van der Waals surface area contributed by atoms with Gasteiger partial charge in [0.25, 0.3) is 11.6 Å². The average molecular weight is 284 g/mol. The number of carbonyl (C=O) groups is 1. The molecule has 21 heavy (non-hydrogen) atoms. The number of amides is 1. The summed E-state index contributed by atoms with van der Waals surface area (Å²) in [6.07, 6.45) is 0.940. The van der Waals surface area contributed by atoms with Crippen LogP contribution in [-0.2, 0) is 6.42 Å². The number of hydrogen-bond donors (Lipinski definition) is 1. The van der Waals surface area contributed by atoms with Gasteiger partial charge in [0.05, 0.1) is 4.92 Å². The summed E-state index contributed by atoms with van der Waals surface area (Å²) in [4.78, 5) is 22.4. The van der Waals surface area contributed by atoms with Crippen molar-refractivity contribution in [3.63, 3.8) is 0 Å². The summed E-state index contributed by atoms with van der Waals surface area (Å²) < 4.78 is 0. The predicted molar refractivity (Wildman–Crippen MR) is 81.6 cm³/mol. The Morgan fingerprint density at radius 1 is 1.19 bits per heavy atom. The first-order valence-electron chi connectivity index (χ1n) is 6.66. The van der Waals surface area contributed by atoms with E-state index in [0.717, 1.165) is 6.42 Å². The summed E-state index contributed by atoms with van der Waals surface area (Å²) in [6.45, 7) is 3.68. The highest BCUT2D eigenvalue weighted by Crippen LogP contribution is 2.19. The molecule has 0 unspecified atom stereocenters. The first kappa shape index (κ1) is 14.7. The van der Waals surface area contributed by atoms with Gasteiger partial charge in [0.1, 0.15) is 0 Å². The molecule has 2 rings (SSSR count). The number of anilines is 1. The normalized spacial score (nSPS) is 10.2. The van der Waals surface area contributed by atoms with Crippen molar-refractivity contribution < 1.29 is 9.72 Å². The van der Waals surface area contributed by atoms with Crippen LogP contribution < -0.4 is 5.32 Å². The van der Waals surface area contributed by atoms with Gasteiger partial charge >= 0.3 is 0 Å². The molecule has 0 aliphatic carbocycles. The lowest BCUT2D eigenvalue weighted by atomic mass is 10.1. The predicted octanol–water partition coefficient (Wildman–Crippen LogP) is 3.72. The van der Waals surface area contributed by atoms with Gasteiger partial charge in [-0.2, -0.15) is 0 Å². The maximum atomic E-state index is 12.1. The fraction of sp³-hybridized carbons (Fsp3) is 0.188. The zero-order valence-electron chi connectivity index (χ0n) is 11.9. The molecule has 0 bridgehead atoms. The minimum atomic E-state index is -0.458. The fourth-order valence-corrected chi connectivity index (χ4v) is 2.03. The van der Waals surface area contributed by atoms with E-state index in [2.05, 4.69) is 12.2 Å². The lowest BCUT2D eigenvalue weighted by Gasteiger charge is -2.07. The minimum absolute atomic E-state index is 0.0128. The topological polar surface area (TPSA) is 72.2 Å². The van der Waals surface area contributed by atoms with Gasteiger partial charge in [-0.3, -0.25) is 14.9 Å². The smallest absolute Gasteiger partial charge is 0.272 e. The lowest BCUT2D eigenvalue weighted by Crippen LogP contribution is -2.12. The Hall–Kier alpha value is -2.69. The highest BCUT2D eigenvalue weighted by Gasteiger charge is 2.13. The van der Waals surface area contributed by atoms with Gasteiger partial charge < -0.3 is 5.32 Å². The molecule has 0 fully saturated rings. The van der Waals surface area contributed by atoms with Gasteiger partial charge in [0, 0.05) is 22.9 Å². The third kappa shape index (κ3) is 3.45. The molecule has 2 aromatic carbocycles. The zero-order valence-corrected chi connectivity index (χ0v) is 11.9. The van der Waals surface area contributed by atoms with Crippen LogP contribution in [-0.4, -0.2) is 10.8 Å². The van der Waals surface area contributed by atoms with Crippen LogP contribution in [0, 0.1) is 17.0 Å². The molecule has 0 aromatic heterocycles. The molecule has 0 radical (unpaired) electrons. The van der Waals surface area contributed by atoms with Gasteiger partial charge in [-0.1, -0.05) is 19.1 Å². The number of benzene rings is 2. The molecule has 0 atom stereocenters. The number of rotatable bonds is 4. The monoisotopic (exact) mass is 284 g/mol. The summed E-state index contributed by atoms with van der Waals surface area (Å²) in [5, 5.41) is 13.5. The van der Waals surface area contributed by atoms with Crippen molar-refractivity contribution in [3.05, 3.63) is 69.3 Å². The highest BCUT2D eigenvalue weighted by molar-refractivity contribution is 6.04. The first-order chi connectivity index (χ1) is 10.0. The van der Waals surface area contributed by atoms with E-state index in [-0.39, 0.29) is 11.6 Å². The van der Waals surface area contributed by atoms with E-state index in [1.54, 1.807) is 6.92 Å². The van der Waals surface area contributed by atoms with Crippen molar-refractivity contribution in [1.82, 2.24) is 0 Å². The second-order valence-electron chi connectivity index (χ2n) is 4.76. The number of nitrogens with one attached hydrogen (secondary N) is 1. The van der Waals surface area contributed by atoms with E-state index >= 15 is 0 Å². The summed E-state index contributed by atoms with van der Waals surface area (Å²) in [5.74, 6) is -0.280. The van der Waals surface area contributed by atoms with Gasteiger partial charge in [0.15, 0.2) is 0 Å². The molecule has 1 amide bonds. The van der Waals surface area contributed by atoms with E-state index in [1.165, 1.54) is 23.8 Å². The molecule has 5 heteroatoms. The van der Waals surface area contributed by atoms with Crippen molar-refractivity contribution >= 4 is 17.3 Å². The van der Waals surface area contributed by atoms with E-state index in [9.17, 15) is 14.9 Å². The molecule has 108 valence electrons. The van der Waals surface area contributed by atoms with Gasteiger partial charge in [0.2, 0.25) is 0 Å². The maximum absolute atomic E-state index is 12.1. The van der Waals surface area contributed by atoms with Crippen molar-refractivity contribution in [3.8, 4) is 0 Å². The van der Waals surface area contributed by atoms with Crippen LogP contribution in [0.4, 0.5) is 11.4 Å². The SMILES string of the molecule is CCc1ccc(NC(=O)c2ccc([N+](=O)[O-])c(C)c2)cc1. The molecule has 1 N–H and O–H groups in total. The zero-order chi connectivity index (χ0) is 15.4. The minimum Gasteiger partial charge on any atom is -0.322 e. The van der Waals surface area contributed by atoms with Crippen molar-refractivity contribution in [2.24, 2.45) is 0 Å². The molecule has 0 saturated heterocycles. The van der Waals surface area contributed by atoms with Crippen LogP contribution in [0.5, 0.6) is 0 Å². The molecule has 2 aromatic rings. The first-order valence-corrected chi connectivity index (χ1v) is 6.66.